The highest BCUT2D eigenvalue weighted by Crippen LogP contribution is 2.27. The molecule has 1 aliphatic heterocycles. The van der Waals surface area contributed by atoms with Gasteiger partial charge < -0.3 is 5.32 Å². The molecule has 0 fully saturated rings. The predicted molar refractivity (Wildman–Crippen MR) is 114 cm³/mol. The predicted octanol–water partition coefficient (Wildman–Crippen LogP) is 6.69. The van der Waals surface area contributed by atoms with Gasteiger partial charge in [-0.15, -0.1) is 0 Å². The number of benzene rings is 1. The second-order valence-corrected chi connectivity index (χ2v) is 6.41. The summed E-state index contributed by atoms with van der Waals surface area (Å²) in [4.78, 5) is 0. The second-order valence-electron chi connectivity index (χ2n) is 6.41. The van der Waals surface area contributed by atoms with Gasteiger partial charge in [0, 0.05) is 17.8 Å². The largest absolute Gasteiger partial charge is 0.381 e. The molecular formula is C24H33N. The van der Waals surface area contributed by atoms with Gasteiger partial charge in [-0.1, -0.05) is 77.3 Å². The third kappa shape index (κ3) is 5.94. The smallest absolute Gasteiger partial charge is 0.0421 e. The minimum absolute atomic E-state index is 0.673. The van der Waals surface area contributed by atoms with Gasteiger partial charge >= 0.3 is 0 Å². The fourth-order valence-electron chi connectivity index (χ4n) is 2.87. The maximum absolute atomic E-state index is 3.91. The van der Waals surface area contributed by atoms with Gasteiger partial charge in [-0.25, -0.2) is 0 Å². The average Bonchev–Trinajstić information content (AvgIpc) is 2.61. The van der Waals surface area contributed by atoms with Crippen LogP contribution in [-0.4, -0.2) is 6.54 Å². The molecule has 1 nitrogen and oxygen atoms in total. The summed E-state index contributed by atoms with van der Waals surface area (Å²) >= 11 is 0. The van der Waals surface area contributed by atoms with Crippen LogP contribution in [0, 0.1) is 12.8 Å². The number of aryl methyl sites for hydroxylation is 1. The van der Waals surface area contributed by atoms with Crippen LogP contribution in [0.3, 0.4) is 0 Å². The molecule has 1 aliphatic rings. The van der Waals surface area contributed by atoms with Crippen LogP contribution >= 0.6 is 0 Å². The summed E-state index contributed by atoms with van der Waals surface area (Å²) in [5, 5.41) is 3.51. The first-order valence-electron chi connectivity index (χ1n) is 9.26. The highest BCUT2D eigenvalue weighted by atomic mass is 14.9. The highest BCUT2D eigenvalue weighted by Gasteiger charge is 2.11. The topological polar surface area (TPSA) is 12.0 Å². The third-order valence-corrected chi connectivity index (χ3v) is 4.01. The van der Waals surface area contributed by atoms with E-state index in [0.717, 1.165) is 18.5 Å². The van der Waals surface area contributed by atoms with Gasteiger partial charge in [0.15, 0.2) is 0 Å². The standard InChI is InChI=1S/C22H27N.C2H6/c1-6-8-19(7-2)20-10-9-17(5)21(15-20)22-14-18(11-12-23-22)13-16(3)4;1-2/h6-11,14-16,23H,1-2,12-13H2,3-5H3;1-2H3/b19-8+;. The Labute approximate surface area is 154 Å². The number of dihydropyridines is 1. The molecule has 0 aliphatic carbocycles. The van der Waals surface area contributed by atoms with E-state index in [1.54, 1.807) is 6.08 Å². The number of nitrogens with one attached hydrogen (secondary N) is 1. The lowest BCUT2D eigenvalue weighted by molar-refractivity contribution is 0.646. The molecule has 1 heteroatoms. The molecule has 0 bridgehead atoms. The SMILES string of the molecule is C=C/C=C(\C=C)c1ccc(C)c(C2=CC(CC(C)C)=CCN2)c1.CC. The van der Waals surface area contributed by atoms with Gasteiger partial charge in [-0.2, -0.15) is 0 Å². The van der Waals surface area contributed by atoms with Crippen LogP contribution in [0.25, 0.3) is 11.3 Å². The summed E-state index contributed by atoms with van der Waals surface area (Å²) in [6.45, 7) is 19.3. The Hall–Kier alpha value is -2.28. The lowest BCUT2D eigenvalue weighted by Gasteiger charge is -2.20. The maximum Gasteiger partial charge on any atom is 0.0421 e. The molecule has 0 spiro atoms. The van der Waals surface area contributed by atoms with E-state index in [2.05, 4.69) is 69.6 Å². The summed E-state index contributed by atoms with van der Waals surface area (Å²) < 4.78 is 0. The molecule has 0 radical (unpaired) electrons. The van der Waals surface area contributed by atoms with Gasteiger partial charge in [0.2, 0.25) is 0 Å². The normalized spacial score (nSPS) is 13.9. The average molecular weight is 336 g/mol. The monoisotopic (exact) mass is 335 g/mol. The quantitative estimate of drug-likeness (QED) is 0.571. The zero-order valence-corrected chi connectivity index (χ0v) is 16.5. The summed E-state index contributed by atoms with van der Waals surface area (Å²) in [6, 6.07) is 6.56. The fraction of sp³-hybridized carbons (Fsp3) is 0.333. The van der Waals surface area contributed by atoms with Crippen LogP contribution in [-0.2, 0) is 0 Å². The lowest BCUT2D eigenvalue weighted by atomic mass is 9.94. The zero-order valence-electron chi connectivity index (χ0n) is 16.5. The van der Waals surface area contributed by atoms with Gasteiger partial charge in [-0.05, 0) is 53.7 Å². The molecule has 134 valence electrons. The van der Waals surface area contributed by atoms with Gasteiger partial charge in [0.25, 0.3) is 0 Å². The number of hydrogen-bond donors (Lipinski definition) is 1. The van der Waals surface area contributed by atoms with E-state index in [1.807, 2.05) is 26.0 Å². The van der Waals surface area contributed by atoms with Crippen molar-refractivity contribution >= 4 is 11.3 Å². The molecule has 0 saturated carbocycles. The molecule has 1 aromatic carbocycles. The van der Waals surface area contributed by atoms with Gasteiger partial charge in [0.1, 0.15) is 0 Å². The summed E-state index contributed by atoms with van der Waals surface area (Å²) in [5.74, 6) is 0.673. The Balaban J connectivity index is 0.00000151. The van der Waals surface area contributed by atoms with Crippen molar-refractivity contribution in [1.82, 2.24) is 5.32 Å². The Morgan fingerprint density at radius 2 is 1.96 bits per heavy atom. The van der Waals surface area contributed by atoms with E-state index >= 15 is 0 Å². The maximum atomic E-state index is 3.91. The van der Waals surface area contributed by atoms with Crippen molar-refractivity contribution < 1.29 is 0 Å². The summed E-state index contributed by atoms with van der Waals surface area (Å²) in [7, 11) is 0. The van der Waals surface area contributed by atoms with Crippen LogP contribution in [0.15, 0.2) is 67.3 Å². The summed E-state index contributed by atoms with van der Waals surface area (Å²) in [6.07, 6.45) is 11.4. The number of rotatable bonds is 6. The van der Waals surface area contributed by atoms with Crippen LogP contribution < -0.4 is 5.32 Å². The Bertz CT molecular complexity index is 684. The lowest BCUT2D eigenvalue weighted by Crippen LogP contribution is -2.17. The molecule has 25 heavy (non-hydrogen) atoms. The van der Waals surface area contributed by atoms with Crippen LogP contribution in [0.1, 0.15) is 50.8 Å². The van der Waals surface area contributed by atoms with Crippen molar-refractivity contribution in [2.45, 2.75) is 41.0 Å². The number of allylic oxidation sites excluding steroid dienone is 6. The molecule has 0 unspecified atom stereocenters. The van der Waals surface area contributed by atoms with E-state index in [0.29, 0.717) is 5.92 Å². The van der Waals surface area contributed by atoms with E-state index < -0.39 is 0 Å². The van der Waals surface area contributed by atoms with Crippen LogP contribution in [0.2, 0.25) is 0 Å². The third-order valence-electron chi connectivity index (χ3n) is 4.01. The molecule has 1 heterocycles. The molecule has 0 aromatic heterocycles. The van der Waals surface area contributed by atoms with Crippen molar-refractivity contribution in [2.75, 3.05) is 6.54 Å². The minimum Gasteiger partial charge on any atom is -0.381 e. The molecule has 1 aromatic rings. The highest BCUT2D eigenvalue weighted by molar-refractivity contribution is 5.79. The molecule has 0 saturated heterocycles. The molecular weight excluding hydrogens is 302 g/mol. The molecule has 0 atom stereocenters. The van der Waals surface area contributed by atoms with Crippen molar-refractivity contribution in [3.8, 4) is 0 Å². The van der Waals surface area contributed by atoms with Crippen LogP contribution in [0.4, 0.5) is 0 Å². The second kappa shape index (κ2) is 10.6. The van der Waals surface area contributed by atoms with Crippen molar-refractivity contribution in [1.29, 1.82) is 0 Å². The van der Waals surface area contributed by atoms with Crippen molar-refractivity contribution in [3.05, 3.63) is 84.0 Å². The van der Waals surface area contributed by atoms with Gasteiger partial charge in [0.05, 0.1) is 0 Å². The zero-order chi connectivity index (χ0) is 18.8. The first kappa shape index (κ1) is 20.8. The van der Waals surface area contributed by atoms with Gasteiger partial charge in [-0.3, -0.25) is 0 Å². The van der Waals surface area contributed by atoms with Crippen LogP contribution in [0.5, 0.6) is 0 Å². The molecule has 0 amide bonds. The first-order valence-corrected chi connectivity index (χ1v) is 9.26. The van der Waals surface area contributed by atoms with E-state index in [1.165, 1.54) is 28.0 Å². The Morgan fingerprint density at radius 1 is 1.24 bits per heavy atom. The Kier molecular flexibility index (Phi) is 8.77. The van der Waals surface area contributed by atoms with Crippen molar-refractivity contribution in [2.24, 2.45) is 5.92 Å². The van der Waals surface area contributed by atoms with E-state index in [-0.39, 0.29) is 0 Å². The Morgan fingerprint density at radius 3 is 2.56 bits per heavy atom. The first-order chi connectivity index (χ1) is 12.0. The van der Waals surface area contributed by atoms with Crippen molar-refractivity contribution in [3.63, 3.8) is 0 Å². The summed E-state index contributed by atoms with van der Waals surface area (Å²) in [5.41, 5.74) is 7.43. The van der Waals surface area contributed by atoms with E-state index in [9.17, 15) is 0 Å². The van der Waals surface area contributed by atoms with E-state index in [4.69, 9.17) is 0 Å². The number of hydrogen-bond acceptors (Lipinski definition) is 1. The fourth-order valence-corrected chi connectivity index (χ4v) is 2.87. The minimum atomic E-state index is 0.673. The molecule has 2 rings (SSSR count). The molecule has 1 N–H and O–H groups in total.